The van der Waals surface area contributed by atoms with Gasteiger partial charge in [-0.2, -0.15) is 0 Å². The lowest BCUT2D eigenvalue weighted by Crippen LogP contribution is -2.18. The van der Waals surface area contributed by atoms with E-state index in [4.69, 9.17) is 0 Å². The molecule has 0 bridgehead atoms. The van der Waals surface area contributed by atoms with Gasteiger partial charge in [0, 0.05) is 30.0 Å². The molecule has 2 unspecified atom stereocenters. The van der Waals surface area contributed by atoms with Gasteiger partial charge in [-0.3, -0.25) is 9.98 Å². The average Bonchev–Trinajstić information content (AvgIpc) is 2.04. The molecule has 0 saturated carbocycles. The van der Waals surface area contributed by atoms with Gasteiger partial charge in [0.1, 0.15) is 0 Å². The molecule has 0 radical (unpaired) electrons. The molecule has 0 aliphatic carbocycles. The molecule has 2 heterocycles. The second-order valence-corrected chi connectivity index (χ2v) is 3.35. The molecule has 12 heavy (non-hydrogen) atoms. The van der Waals surface area contributed by atoms with Crippen molar-refractivity contribution in [1.82, 2.24) is 0 Å². The molecule has 2 aliphatic heterocycles. The zero-order valence-electron chi connectivity index (χ0n) is 7.36. The van der Waals surface area contributed by atoms with E-state index in [2.05, 4.69) is 29.1 Å². The Morgan fingerprint density at radius 1 is 1.42 bits per heavy atom. The molecular formula is C10H12N2. The summed E-state index contributed by atoms with van der Waals surface area (Å²) in [5.74, 6) is 0.935. The Kier molecular flexibility index (Phi) is 1.68. The first-order valence-corrected chi connectivity index (χ1v) is 4.24. The Labute approximate surface area is 72.4 Å². The minimum Gasteiger partial charge on any atom is -0.267 e. The molecule has 0 saturated heterocycles. The van der Waals surface area contributed by atoms with Crippen molar-refractivity contribution in [3.05, 3.63) is 24.0 Å². The van der Waals surface area contributed by atoms with Crippen LogP contribution in [-0.2, 0) is 0 Å². The zero-order valence-corrected chi connectivity index (χ0v) is 7.36. The van der Waals surface area contributed by atoms with Crippen molar-refractivity contribution in [2.75, 3.05) is 0 Å². The summed E-state index contributed by atoms with van der Waals surface area (Å²) in [7, 11) is 0. The van der Waals surface area contributed by atoms with Crippen LogP contribution in [0, 0.1) is 11.8 Å². The first kappa shape index (κ1) is 7.47. The summed E-state index contributed by atoms with van der Waals surface area (Å²) < 4.78 is 0. The van der Waals surface area contributed by atoms with Gasteiger partial charge in [0.2, 0.25) is 0 Å². The molecule has 0 N–H and O–H groups in total. The van der Waals surface area contributed by atoms with Gasteiger partial charge in [0.15, 0.2) is 0 Å². The molecule has 2 rings (SSSR count). The number of aliphatic imine (C=N–C) groups is 2. The lowest BCUT2D eigenvalue weighted by molar-refractivity contribution is 0.606. The van der Waals surface area contributed by atoms with E-state index in [1.807, 2.05) is 19.3 Å². The fourth-order valence-corrected chi connectivity index (χ4v) is 1.56. The molecule has 0 amide bonds. The van der Waals surface area contributed by atoms with Gasteiger partial charge < -0.3 is 0 Å². The first-order valence-electron chi connectivity index (χ1n) is 4.24. The van der Waals surface area contributed by atoms with E-state index < -0.39 is 0 Å². The highest BCUT2D eigenvalue weighted by Crippen LogP contribution is 2.28. The third-order valence-corrected chi connectivity index (χ3v) is 2.29. The Hall–Kier alpha value is -1.18. The van der Waals surface area contributed by atoms with E-state index in [1.165, 1.54) is 0 Å². The summed E-state index contributed by atoms with van der Waals surface area (Å²) in [4.78, 5) is 8.58. The van der Waals surface area contributed by atoms with Crippen LogP contribution in [0.5, 0.6) is 0 Å². The molecule has 0 fully saturated rings. The summed E-state index contributed by atoms with van der Waals surface area (Å²) in [5, 5.41) is 0. The first-order chi connectivity index (χ1) is 5.77. The normalized spacial score (nSPS) is 32.5. The lowest BCUT2D eigenvalue weighted by atomic mass is 9.88. The molecule has 2 atom stereocenters. The number of hydrogen-bond acceptors (Lipinski definition) is 2. The maximum Gasteiger partial charge on any atom is 0.0664 e. The van der Waals surface area contributed by atoms with Crippen LogP contribution >= 0.6 is 0 Å². The van der Waals surface area contributed by atoms with Crippen molar-refractivity contribution >= 4 is 11.9 Å². The molecule has 0 aromatic rings. The Morgan fingerprint density at radius 2 is 2.25 bits per heavy atom. The van der Waals surface area contributed by atoms with Crippen molar-refractivity contribution in [1.29, 1.82) is 0 Å². The van der Waals surface area contributed by atoms with Gasteiger partial charge in [-0.1, -0.05) is 13.0 Å². The highest BCUT2D eigenvalue weighted by molar-refractivity contribution is 5.94. The molecule has 0 spiro atoms. The molecule has 2 heteroatoms. The number of rotatable bonds is 0. The summed E-state index contributed by atoms with van der Waals surface area (Å²) in [5.41, 5.74) is 2.17. The fraction of sp³-hybridized carbons (Fsp3) is 0.400. The molecule has 62 valence electrons. The predicted molar refractivity (Wildman–Crippen MR) is 51.5 cm³/mol. The van der Waals surface area contributed by atoms with Gasteiger partial charge in [-0.25, -0.2) is 0 Å². The van der Waals surface area contributed by atoms with Gasteiger partial charge >= 0.3 is 0 Å². The van der Waals surface area contributed by atoms with E-state index in [9.17, 15) is 0 Å². The summed E-state index contributed by atoms with van der Waals surface area (Å²) in [6.07, 6.45) is 8.13. The van der Waals surface area contributed by atoms with Crippen LogP contribution in [0.1, 0.15) is 13.8 Å². The van der Waals surface area contributed by atoms with E-state index in [0.29, 0.717) is 11.8 Å². The molecule has 2 nitrogen and oxygen atoms in total. The average molecular weight is 160 g/mol. The summed E-state index contributed by atoms with van der Waals surface area (Å²) >= 11 is 0. The fourth-order valence-electron chi connectivity index (χ4n) is 1.56. The number of fused-ring (bicyclic) bond motifs is 1. The third kappa shape index (κ3) is 1.13. The van der Waals surface area contributed by atoms with E-state index in [1.54, 1.807) is 0 Å². The van der Waals surface area contributed by atoms with Crippen LogP contribution in [0.15, 0.2) is 34.0 Å². The second kappa shape index (κ2) is 2.70. The van der Waals surface area contributed by atoms with Gasteiger partial charge in [-0.05, 0) is 13.0 Å². The second-order valence-electron chi connectivity index (χ2n) is 3.35. The highest BCUT2D eigenvalue weighted by Gasteiger charge is 2.21. The number of dihydropyridines is 1. The minimum atomic E-state index is 0.450. The largest absolute Gasteiger partial charge is 0.267 e. The monoisotopic (exact) mass is 160 g/mol. The van der Waals surface area contributed by atoms with Crippen LogP contribution in [-0.4, -0.2) is 11.9 Å². The predicted octanol–water partition coefficient (Wildman–Crippen LogP) is 2.20. The van der Waals surface area contributed by atoms with Gasteiger partial charge in [0.25, 0.3) is 0 Å². The third-order valence-electron chi connectivity index (χ3n) is 2.29. The van der Waals surface area contributed by atoms with Crippen molar-refractivity contribution in [2.24, 2.45) is 21.8 Å². The van der Waals surface area contributed by atoms with Gasteiger partial charge in [0.05, 0.1) is 5.70 Å². The van der Waals surface area contributed by atoms with Gasteiger partial charge in [-0.15, -0.1) is 0 Å². The van der Waals surface area contributed by atoms with Crippen molar-refractivity contribution in [3.63, 3.8) is 0 Å². The van der Waals surface area contributed by atoms with Crippen molar-refractivity contribution < 1.29 is 0 Å². The number of allylic oxidation sites excluding steroid dienone is 2. The lowest BCUT2D eigenvalue weighted by Gasteiger charge is -2.23. The highest BCUT2D eigenvalue weighted by atomic mass is 14.8. The summed E-state index contributed by atoms with van der Waals surface area (Å²) in [6.45, 7) is 4.18. The van der Waals surface area contributed by atoms with Crippen molar-refractivity contribution in [2.45, 2.75) is 13.8 Å². The van der Waals surface area contributed by atoms with Crippen molar-refractivity contribution in [3.8, 4) is 0 Å². The topological polar surface area (TPSA) is 24.7 Å². The van der Waals surface area contributed by atoms with E-state index >= 15 is 0 Å². The van der Waals surface area contributed by atoms with Crippen LogP contribution in [0.25, 0.3) is 0 Å². The maximum atomic E-state index is 4.43. The number of nitrogens with zero attached hydrogens (tertiary/aromatic N) is 2. The molecule has 2 aliphatic rings. The Balaban J connectivity index is 2.37. The van der Waals surface area contributed by atoms with E-state index in [-0.39, 0.29) is 0 Å². The quantitative estimate of drug-likeness (QED) is 0.519. The minimum absolute atomic E-state index is 0.450. The van der Waals surface area contributed by atoms with Crippen LogP contribution in [0.2, 0.25) is 0 Å². The standard InChI is InChI=1S/C10H12N2/c1-7-5-11-6-10-9(7)4-3-8(2)12-10/h3-7,9H,1-2H3. The van der Waals surface area contributed by atoms with Crippen LogP contribution in [0.4, 0.5) is 0 Å². The molecular weight excluding hydrogens is 148 g/mol. The maximum absolute atomic E-state index is 4.43. The Morgan fingerprint density at radius 3 is 3.08 bits per heavy atom. The smallest absolute Gasteiger partial charge is 0.0664 e. The summed E-state index contributed by atoms with van der Waals surface area (Å²) in [6, 6.07) is 0. The van der Waals surface area contributed by atoms with Crippen LogP contribution in [0.3, 0.4) is 0 Å². The van der Waals surface area contributed by atoms with E-state index in [0.717, 1.165) is 11.4 Å². The molecule has 0 aromatic carbocycles. The zero-order chi connectivity index (χ0) is 8.55. The molecule has 0 aromatic heterocycles. The SMILES string of the molecule is CC1=NC2=CN=CC(C)C2C=C1. The van der Waals surface area contributed by atoms with Crippen LogP contribution < -0.4 is 0 Å². The number of hydrogen-bond donors (Lipinski definition) is 0. The Bertz CT molecular complexity index is 308.